The van der Waals surface area contributed by atoms with Gasteiger partial charge < -0.3 is 5.32 Å². The molecule has 4 nitrogen and oxygen atoms in total. The molecule has 0 heterocycles. The van der Waals surface area contributed by atoms with Crippen LogP contribution in [0.5, 0.6) is 0 Å². The third kappa shape index (κ3) is 4.98. The van der Waals surface area contributed by atoms with Crippen molar-refractivity contribution >= 4 is 11.7 Å². The number of ketones is 1. The number of carbonyl (C=O) groups excluding carboxylic acids is 2. The van der Waals surface area contributed by atoms with Gasteiger partial charge in [-0.05, 0) is 60.8 Å². The number of nitriles is 1. The van der Waals surface area contributed by atoms with Crippen molar-refractivity contribution in [3.05, 3.63) is 106 Å². The fourth-order valence-electron chi connectivity index (χ4n) is 4.49. The summed E-state index contributed by atoms with van der Waals surface area (Å²) in [6.07, 6.45) is 8.08. The smallest absolute Gasteiger partial charge is 0.224 e. The van der Waals surface area contributed by atoms with Crippen molar-refractivity contribution in [2.45, 2.75) is 31.6 Å². The Bertz CT molecular complexity index is 1220. The van der Waals surface area contributed by atoms with Gasteiger partial charge in [-0.15, -0.1) is 0 Å². The quantitative estimate of drug-likeness (QED) is 0.658. The summed E-state index contributed by atoms with van der Waals surface area (Å²) >= 11 is 0. The monoisotopic (exact) mass is 444 g/mol. The predicted octanol–water partition coefficient (Wildman–Crippen LogP) is 5.29. The number of fused-ring (bicyclic) bond motifs is 1. The minimum atomic E-state index is -0.517. The highest BCUT2D eigenvalue weighted by molar-refractivity contribution is 6.03. The van der Waals surface area contributed by atoms with Crippen LogP contribution < -0.4 is 5.32 Å². The Kier molecular flexibility index (Phi) is 6.60. The average molecular weight is 444 g/mol. The van der Waals surface area contributed by atoms with E-state index in [0.717, 1.165) is 5.56 Å². The lowest BCUT2D eigenvalue weighted by Gasteiger charge is -2.20. The van der Waals surface area contributed by atoms with Crippen molar-refractivity contribution in [3.63, 3.8) is 0 Å². The molecule has 0 aliphatic heterocycles. The molecule has 2 unspecified atom stereocenters. The van der Waals surface area contributed by atoms with Gasteiger partial charge in [0.15, 0.2) is 5.78 Å². The van der Waals surface area contributed by atoms with Crippen molar-refractivity contribution in [2.75, 3.05) is 0 Å². The van der Waals surface area contributed by atoms with Gasteiger partial charge in [0.25, 0.3) is 0 Å². The van der Waals surface area contributed by atoms with Crippen LogP contribution >= 0.6 is 0 Å². The van der Waals surface area contributed by atoms with E-state index in [-0.39, 0.29) is 23.9 Å². The summed E-state index contributed by atoms with van der Waals surface area (Å²) < 4.78 is 28.0. The van der Waals surface area contributed by atoms with E-state index in [1.165, 1.54) is 24.3 Å². The number of carbonyl (C=O) groups is 2. The molecule has 1 amide bonds. The van der Waals surface area contributed by atoms with Gasteiger partial charge in [0.05, 0.1) is 11.6 Å². The van der Waals surface area contributed by atoms with E-state index in [1.54, 1.807) is 42.5 Å². The van der Waals surface area contributed by atoms with E-state index < -0.39 is 17.7 Å². The van der Waals surface area contributed by atoms with Crippen molar-refractivity contribution in [2.24, 2.45) is 5.92 Å². The van der Waals surface area contributed by atoms with Gasteiger partial charge in [-0.25, -0.2) is 8.78 Å². The molecule has 0 spiro atoms. The van der Waals surface area contributed by atoms with E-state index in [9.17, 15) is 18.4 Å². The Hall–Kier alpha value is -3.85. The number of halogens is 2. The Morgan fingerprint density at radius 2 is 1.88 bits per heavy atom. The van der Waals surface area contributed by atoms with Gasteiger partial charge in [-0.3, -0.25) is 9.59 Å². The number of rotatable bonds is 6. The Balaban J connectivity index is 1.50. The maximum absolute atomic E-state index is 14.7. The van der Waals surface area contributed by atoms with Gasteiger partial charge in [0.2, 0.25) is 5.91 Å². The van der Waals surface area contributed by atoms with Crippen LogP contribution in [0.1, 0.15) is 46.7 Å². The number of hydrogen-bond donors (Lipinski definition) is 1. The van der Waals surface area contributed by atoms with Gasteiger partial charge in [0.1, 0.15) is 11.6 Å². The second-order valence-corrected chi connectivity index (χ2v) is 8.23. The van der Waals surface area contributed by atoms with Gasteiger partial charge in [-0.2, -0.15) is 5.26 Å². The molecule has 2 aromatic rings. The number of nitrogens with one attached hydrogen (secondary N) is 1. The molecule has 0 fully saturated rings. The topological polar surface area (TPSA) is 70.0 Å². The highest BCUT2D eigenvalue weighted by Gasteiger charge is 2.41. The van der Waals surface area contributed by atoms with Gasteiger partial charge in [-0.1, -0.05) is 30.3 Å². The minimum absolute atomic E-state index is 0.113. The summed E-state index contributed by atoms with van der Waals surface area (Å²) in [5.41, 5.74) is 2.67. The lowest BCUT2D eigenvalue weighted by molar-refractivity contribution is -0.120. The lowest BCUT2D eigenvalue weighted by atomic mass is 9.83. The van der Waals surface area contributed by atoms with Crippen molar-refractivity contribution in [3.8, 4) is 6.07 Å². The van der Waals surface area contributed by atoms with Crippen LogP contribution in [-0.2, 0) is 11.2 Å². The molecule has 0 bridgehead atoms. The summed E-state index contributed by atoms with van der Waals surface area (Å²) in [5, 5.41) is 11.8. The zero-order chi connectivity index (χ0) is 23.4. The fourth-order valence-corrected chi connectivity index (χ4v) is 4.49. The molecule has 33 heavy (non-hydrogen) atoms. The Morgan fingerprint density at radius 3 is 2.64 bits per heavy atom. The van der Waals surface area contributed by atoms with Crippen molar-refractivity contribution in [1.29, 1.82) is 5.26 Å². The van der Waals surface area contributed by atoms with Crippen LogP contribution in [0.25, 0.3) is 0 Å². The van der Waals surface area contributed by atoms with E-state index in [2.05, 4.69) is 11.4 Å². The zero-order valence-corrected chi connectivity index (χ0v) is 17.9. The molecular formula is C27H22F2N2O2. The van der Waals surface area contributed by atoms with Gasteiger partial charge in [0, 0.05) is 35.6 Å². The van der Waals surface area contributed by atoms with Gasteiger partial charge >= 0.3 is 0 Å². The maximum atomic E-state index is 14.7. The van der Waals surface area contributed by atoms with Crippen LogP contribution in [0.4, 0.5) is 8.78 Å². The molecule has 2 aliphatic rings. The molecule has 0 aromatic heterocycles. The fraction of sp³-hybridized carbons (Fsp3) is 0.222. The third-order valence-corrected chi connectivity index (χ3v) is 6.09. The summed E-state index contributed by atoms with van der Waals surface area (Å²) in [5.74, 6) is -2.16. The normalized spacial score (nSPS) is 19.2. The molecule has 0 saturated heterocycles. The third-order valence-electron chi connectivity index (χ3n) is 6.09. The minimum Gasteiger partial charge on any atom is -0.329 e. The molecule has 2 aromatic carbocycles. The highest BCUT2D eigenvalue weighted by atomic mass is 19.1. The van der Waals surface area contributed by atoms with Crippen LogP contribution in [0.2, 0.25) is 0 Å². The Morgan fingerprint density at radius 1 is 1.09 bits per heavy atom. The molecule has 2 aliphatic carbocycles. The van der Waals surface area contributed by atoms with E-state index in [0.29, 0.717) is 41.7 Å². The summed E-state index contributed by atoms with van der Waals surface area (Å²) in [4.78, 5) is 25.7. The number of nitrogens with zero attached hydrogens (tertiary/aromatic N) is 1. The average Bonchev–Trinajstić information content (AvgIpc) is 2.93. The van der Waals surface area contributed by atoms with Crippen LogP contribution in [-0.4, -0.2) is 11.7 Å². The molecule has 0 radical (unpaired) electrons. The standard InChI is InChI=1S/C27H22F2N2O2/c28-19-10-7-17(8-11-19)15-23-21(26-22(27(23)33)5-2-6-24(26)29)13-14-25(32)31-20-4-1-3-18(16-30)9-12-20/h1-3,5-12,21,23H,4,13-15H2,(H,31,32). The first kappa shape index (κ1) is 22.3. The lowest BCUT2D eigenvalue weighted by Crippen LogP contribution is -2.24. The van der Waals surface area contributed by atoms with E-state index >= 15 is 0 Å². The van der Waals surface area contributed by atoms with Crippen molar-refractivity contribution < 1.29 is 18.4 Å². The summed E-state index contributed by atoms with van der Waals surface area (Å²) in [7, 11) is 0. The molecule has 0 saturated carbocycles. The molecular weight excluding hydrogens is 422 g/mol. The molecule has 2 atom stereocenters. The molecule has 166 valence electrons. The molecule has 1 N–H and O–H groups in total. The predicted molar refractivity (Wildman–Crippen MR) is 120 cm³/mol. The number of amides is 1. The molecule has 4 rings (SSSR count). The first-order chi connectivity index (χ1) is 16.0. The second-order valence-electron chi connectivity index (χ2n) is 8.23. The zero-order valence-electron chi connectivity index (χ0n) is 17.9. The van der Waals surface area contributed by atoms with Crippen LogP contribution in [0, 0.1) is 28.9 Å². The Labute approximate surface area is 190 Å². The molecule has 6 heteroatoms. The first-order valence-corrected chi connectivity index (χ1v) is 10.8. The van der Waals surface area contributed by atoms with Crippen LogP contribution in [0.15, 0.2) is 78.0 Å². The van der Waals surface area contributed by atoms with Crippen LogP contribution in [0.3, 0.4) is 0 Å². The highest BCUT2D eigenvalue weighted by Crippen LogP contribution is 2.43. The first-order valence-electron chi connectivity index (χ1n) is 10.8. The largest absolute Gasteiger partial charge is 0.329 e. The SMILES string of the molecule is N#CC1=CC=C(NC(=O)CCC2c3c(F)cccc3C(=O)C2Cc2ccc(F)cc2)CC=C1. The number of benzene rings is 2. The van der Waals surface area contributed by atoms with E-state index in [1.807, 2.05) is 0 Å². The second kappa shape index (κ2) is 9.74. The number of hydrogen-bond acceptors (Lipinski definition) is 3. The number of Topliss-reactive ketones (excluding diaryl/α,β-unsaturated/α-hetero) is 1. The van der Waals surface area contributed by atoms with Crippen molar-refractivity contribution in [1.82, 2.24) is 5.32 Å². The maximum Gasteiger partial charge on any atom is 0.224 e. The number of allylic oxidation sites excluding steroid dienone is 5. The summed E-state index contributed by atoms with van der Waals surface area (Å²) in [6, 6.07) is 12.5. The van der Waals surface area contributed by atoms with E-state index in [4.69, 9.17) is 5.26 Å². The summed E-state index contributed by atoms with van der Waals surface area (Å²) in [6.45, 7) is 0.